The van der Waals surface area contributed by atoms with Gasteiger partial charge < -0.3 is 10.2 Å². The van der Waals surface area contributed by atoms with Gasteiger partial charge in [0.15, 0.2) is 0 Å². The average molecular weight is 371 g/mol. The molecule has 6 heteroatoms. The molecule has 0 aliphatic rings. The number of carbonyl (C=O) groups is 2. The number of halogens is 1. The number of carbonyl (C=O) groups excluding carboxylic acids is 2. The number of hydrogen-bond donors (Lipinski definition) is 1. The summed E-state index contributed by atoms with van der Waals surface area (Å²) in [4.78, 5) is 28.9. The molecule has 2 amide bonds. The molecule has 0 aliphatic heterocycles. The van der Waals surface area contributed by atoms with E-state index in [1.165, 1.54) is 24.3 Å². The number of hydrogen-bond acceptors (Lipinski definition) is 3. The maximum Gasteiger partial charge on any atom is 0.244 e. The van der Waals surface area contributed by atoms with Crippen molar-refractivity contribution in [1.82, 2.24) is 9.80 Å². The molecule has 0 aromatic heterocycles. The van der Waals surface area contributed by atoms with Gasteiger partial charge in [-0.3, -0.25) is 14.5 Å². The highest BCUT2D eigenvalue weighted by atomic mass is 19.1. The molecule has 1 atom stereocenters. The Kier molecular flexibility index (Phi) is 7.49. The van der Waals surface area contributed by atoms with Crippen LogP contribution in [0.1, 0.15) is 25.5 Å². The van der Waals surface area contributed by atoms with Gasteiger partial charge in [-0.2, -0.15) is 0 Å². The van der Waals surface area contributed by atoms with Gasteiger partial charge in [-0.25, -0.2) is 4.39 Å². The Balaban J connectivity index is 2.15. The predicted octanol–water partition coefficient (Wildman–Crippen LogP) is 3.31. The van der Waals surface area contributed by atoms with Crippen LogP contribution in [0.15, 0.2) is 54.6 Å². The molecule has 0 heterocycles. The highest BCUT2D eigenvalue weighted by molar-refractivity contribution is 5.93. The third-order valence-corrected chi connectivity index (χ3v) is 4.39. The number of likely N-dealkylation sites (N-methyl/N-ethyl adjacent to an activating group) is 2. The summed E-state index contributed by atoms with van der Waals surface area (Å²) >= 11 is 0. The summed E-state index contributed by atoms with van der Waals surface area (Å²) in [6.45, 7) is 5.11. The van der Waals surface area contributed by atoms with Crippen molar-refractivity contribution in [2.75, 3.05) is 32.0 Å². The molecule has 0 bridgehead atoms. The fourth-order valence-electron chi connectivity index (χ4n) is 2.98. The van der Waals surface area contributed by atoms with Crippen molar-refractivity contribution in [2.45, 2.75) is 19.9 Å². The van der Waals surface area contributed by atoms with Crippen LogP contribution in [0.5, 0.6) is 0 Å². The molecular weight excluding hydrogens is 345 g/mol. The van der Waals surface area contributed by atoms with Crippen molar-refractivity contribution in [3.63, 3.8) is 0 Å². The van der Waals surface area contributed by atoms with E-state index in [0.717, 1.165) is 5.56 Å². The van der Waals surface area contributed by atoms with Gasteiger partial charge in [-0.05, 0) is 50.7 Å². The van der Waals surface area contributed by atoms with Crippen molar-refractivity contribution >= 4 is 17.5 Å². The fourth-order valence-corrected chi connectivity index (χ4v) is 2.98. The Bertz CT molecular complexity index is 746. The first kappa shape index (κ1) is 20.6. The summed E-state index contributed by atoms with van der Waals surface area (Å²) in [7, 11) is 1.75. The smallest absolute Gasteiger partial charge is 0.244 e. The molecule has 0 radical (unpaired) electrons. The van der Waals surface area contributed by atoms with Crippen molar-refractivity contribution in [3.8, 4) is 0 Å². The maximum atomic E-state index is 13.0. The number of rotatable bonds is 8. The minimum Gasteiger partial charge on any atom is -0.342 e. The average Bonchev–Trinajstić information content (AvgIpc) is 2.65. The molecule has 2 aromatic carbocycles. The van der Waals surface area contributed by atoms with Crippen LogP contribution in [0.3, 0.4) is 0 Å². The van der Waals surface area contributed by atoms with Gasteiger partial charge in [-0.15, -0.1) is 0 Å². The molecule has 0 saturated heterocycles. The number of benzene rings is 2. The number of anilines is 1. The van der Waals surface area contributed by atoms with E-state index in [1.807, 2.05) is 44.2 Å². The summed E-state index contributed by atoms with van der Waals surface area (Å²) in [6, 6.07) is 14.5. The van der Waals surface area contributed by atoms with E-state index < -0.39 is 6.04 Å². The topological polar surface area (TPSA) is 52.7 Å². The lowest BCUT2D eigenvalue weighted by atomic mass is 10.0. The van der Waals surface area contributed by atoms with Crippen LogP contribution in [0, 0.1) is 5.82 Å². The zero-order valence-electron chi connectivity index (χ0n) is 16.0. The quantitative estimate of drug-likeness (QED) is 0.775. The second kappa shape index (κ2) is 9.83. The molecule has 0 unspecified atom stereocenters. The Labute approximate surface area is 159 Å². The number of amides is 2. The van der Waals surface area contributed by atoms with Crippen molar-refractivity contribution in [3.05, 3.63) is 66.0 Å². The van der Waals surface area contributed by atoms with Crippen molar-refractivity contribution in [1.29, 1.82) is 0 Å². The van der Waals surface area contributed by atoms with Gasteiger partial charge in [-0.1, -0.05) is 30.3 Å². The Morgan fingerprint density at radius 2 is 1.59 bits per heavy atom. The van der Waals surface area contributed by atoms with Crippen LogP contribution in [-0.4, -0.2) is 48.3 Å². The van der Waals surface area contributed by atoms with Gasteiger partial charge in [0.1, 0.15) is 11.9 Å². The second-order valence-corrected chi connectivity index (χ2v) is 6.29. The first-order valence-corrected chi connectivity index (χ1v) is 9.05. The maximum absolute atomic E-state index is 13.0. The third-order valence-electron chi connectivity index (χ3n) is 4.39. The Morgan fingerprint density at radius 1 is 1.00 bits per heavy atom. The molecule has 0 aliphatic carbocycles. The minimum atomic E-state index is -0.551. The van der Waals surface area contributed by atoms with Crippen LogP contribution >= 0.6 is 0 Å². The van der Waals surface area contributed by atoms with E-state index in [1.54, 1.807) is 16.8 Å². The van der Waals surface area contributed by atoms with Crippen LogP contribution < -0.4 is 5.32 Å². The van der Waals surface area contributed by atoms with E-state index in [9.17, 15) is 14.0 Å². The predicted molar refractivity (Wildman–Crippen MR) is 105 cm³/mol. The summed E-state index contributed by atoms with van der Waals surface area (Å²) in [5, 5.41) is 2.73. The van der Waals surface area contributed by atoms with Gasteiger partial charge in [0.05, 0.1) is 6.54 Å². The largest absolute Gasteiger partial charge is 0.342 e. The third kappa shape index (κ3) is 5.62. The highest BCUT2D eigenvalue weighted by Gasteiger charge is 2.29. The molecule has 1 N–H and O–H groups in total. The second-order valence-electron chi connectivity index (χ2n) is 6.29. The molecule has 2 aromatic rings. The first-order valence-electron chi connectivity index (χ1n) is 9.05. The molecule has 144 valence electrons. The standard InChI is InChI=1S/C21H26FN3O2/c1-4-25(5-2)21(27)20(16-9-7-6-8-10-16)24(3)15-19(26)23-18-13-11-17(22)12-14-18/h6-14,20H,4-5,15H2,1-3H3,(H,23,26)/t20-/m0/s1. The zero-order valence-corrected chi connectivity index (χ0v) is 16.0. The molecule has 0 saturated carbocycles. The lowest BCUT2D eigenvalue weighted by molar-refractivity contribution is -0.137. The van der Waals surface area contributed by atoms with Gasteiger partial charge >= 0.3 is 0 Å². The van der Waals surface area contributed by atoms with Crippen molar-refractivity contribution in [2.24, 2.45) is 0 Å². The number of nitrogens with zero attached hydrogens (tertiary/aromatic N) is 2. The fraction of sp³-hybridized carbons (Fsp3) is 0.333. The first-order chi connectivity index (χ1) is 13.0. The summed E-state index contributed by atoms with van der Waals surface area (Å²) < 4.78 is 13.0. The molecule has 0 spiro atoms. The monoisotopic (exact) mass is 371 g/mol. The van der Waals surface area contributed by atoms with E-state index >= 15 is 0 Å². The molecular formula is C21H26FN3O2. The van der Waals surface area contributed by atoms with E-state index in [4.69, 9.17) is 0 Å². The van der Waals surface area contributed by atoms with E-state index in [2.05, 4.69) is 5.32 Å². The molecule has 2 rings (SSSR count). The minimum absolute atomic E-state index is 0.0317. The highest BCUT2D eigenvalue weighted by Crippen LogP contribution is 2.22. The lowest BCUT2D eigenvalue weighted by Gasteiger charge is -2.31. The van der Waals surface area contributed by atoms with Crippen LogP contribution in [0.4, 0.5) is 10.1 Å². The van der Waals surface area contributed by atoms with E-state index in [0.29, 0.717) is 18.8 Å². The summed E-state index contributed by atoms with van der Waals surface area (Å²) in [5.74, 6) is -0.667. The molecule has 27 heavy (non-hydrogen) atoms. The summed E-state index contributed by atoms with van der Waals surface area (Å²) in [6.07, 6.45) is 0. The lowest BCUT2D eigenvalue weighted by Crippen LogP contribution is -2.44. The van der Waals surface area contributed by atoms with Crippen molar-refractivity contribution < 1.29 is 14.0 Å². The van der Waals surface area contributed by atoms with Gasteiger partial charge in [0.2, 0.25) is 11.8 Å². The van der Waals surface area contributed by atoms with Gasteiger partial charge in [0.25, 0.3) is 0 Å². The SMILES string of the molecule is CCN(CC)C(=O)[C@H](c1ccccc1)N(C)CC(=O)Nc1ccc(F)cc1. The van der Waals surface area contributed by atoms with E-state index in [-0.39, 0.29) is 24.2 Å². The normalized spacial score (nSPS) is 11.9. The van der Waals surface area contributed by atoms with Crippen LogP contribution in [0.25, 0.3) is 0 Å². The Hall–Kier alpha value is -2.73. The van der Waals surface area contributed by atoms with Crippen LogP contribution in [0.2, 0.25) is 0 Å². The Morgan fingerprint density at radius 3 is 2.15 bits per heavy atom. The summed E-state index contributed by atoms with van der Waals surface area (Å²) in [5.41, 5.74) is 1.35. The van der Waals surface area contributed by atoms with Crippen LogP contribution in [-0.2, 0) is 9.59 Å². The molecule has 0 fully saturated rings. The number of nitrogens with one attached hydrogen (secondary N) is 1. The van der Waals surface area contributed by atoms with Gasteiger partial charge in [0, 0.05) is 18.8 Å². The molecule has 5 nitrogen and oxygen atoms in total. The zero-order chi connectivity index (χ0) is 19.8.